The number of carbonyl (C=O) groups excluding carboxylic acids is 1. The average molecular weight is 339 g/mol. The van der Waals surface area contributed by atoms with Gasteiger partial charge in [-0.25, -0.2) is 14.8 Å². The number of anilines is 1. The van der Waals surface area contributed by atoms with Crippen LogP contribution in [0.25, 0.3) is 11.4 Å². The second-order valence-corrected chi connectivity index (χ2v) is 6.42. The zero-order chi connectivity index (χ0) is 17.6. The first-order valence-electron chi connectivity index (χ1n) is 9.03. The van der Waals surface area contributed by atoms with E-state index in [0.29, 0.717) is 29.9 Å². The summed E-state index contributed by atoms with van der Waals surface area (Å²) < 4.78 is 5.21. The first-order chi connectivity index (χ1) is 12.2. The van der Waals surface area contributed by atoms with Crippen LogP contribution in [-0.4, -0.2) is 35.6 Å². The van der Waals surface area contributed by atoms with Crippen LogP contribution in [0.5, 0.6) is 0 Å². The number of esters is 1. The lowest BCUT2D eigenvalue weighted by atomic mass is 9.94. The average Bonchev–Trinajstić information content (AvgIpc) is 2.68. The Morgan fingerprint density at radius 3 is 2.60 bits per heavy atom. The molecule has 1 aliphatic carbocycles. The van der Waals surface area contributed by atoms with E-state index in [9.17, 15) is 4.79 Å². The molecule has 132 valence electrons. The van der Waals surface area contributed by atoms with Crippen LogP contribution in [0.3, 0.4) is 0 Å². The lowest BCUT2D eigenvalue weighted by Crippen LogP contribution is -2.35. The highest BCUT2D eigenvalue weighted by molar-refractivity contribution is 5.94. The molecule has 1 saturated carbocycles. The number of carbonyl (C=O) groups is 1. The highest BCUT2D eigenvalue weighted by Crippen LogP contribution is 2.29. The van der Waals surface area contributed by atoms with Gasteiger partial charge in [-0.15, -0.1) is 0 Å². The predicted molar refractivity (Wildman–Crippen MR) is 98.7 cm³/mol. The van der Waals surface area contributed by atoms with Crippen molar-refractivity contribution in [3.8, 4) is 11.4 Å². The zero-order valence-electron chi connectivity index (χ0n) is 14.9. The molecule has 1 fully saturated rings. The Hall–Kier alpha value is -2.43. The largest absolute Gasteiger partial charge is 0.462 e. The van der Waals surface area contributed by atoms with Gasteiger partial charge < -0.3 is 9.64 Å². The highest BCUT2D eigenvalue weighted by Gasteiger charge is 2.25. The molecule has 1 aromatic heterocycles. The molecule has 0 atom stereocenters. The monoisotopic (exact) mass is 339 g/mol. The van der Waals surface area contributed by atoms with E-state index in [1.165, 1.54) is 19.3 Å². The number of rotatable bonds is 5. The van der Waals surface area contributed by atoms with Crippen LogP contribution in [0, 0.1) is 0 Å². The topological polar surface area (TPSA) is 55.3 Å². The van der Waals surface area contributed by atoms with Gasteiger partial charge in [-0.1, -0.05) is 49.6 Å². The van der Waals surface area contributed by atoms with Gasteiger partial charge >= 0.3 is 5.97 Å². The molecule has 2 aromatic rings. The molecule has 0 radical (unpaired) electrons. The normalized spacial score (nSPS) is 15.0. The number of hydrogen-bond donors (Lipinski definition) is 0. The highest BCUT2D eigenvalue weighted by atomic mass is 16.5. The molecule has 0 spiro atoms. The molecular formula is C20H25N3O2. The van der Waals surface area contributed by atoms with E-state index in [4.69, 9.17) is 9.72 Å². The molecule has 0 amide bonds. The fourth-order valence-corrected chi connectivity index (χ4v) is 3.36. The van der Waals surface area contributed by atoms with Crippen molar-refractivity contribution in [2.24, 2.45) is 0 Å². The van der Waals surface area contributed by atoms with Crippen LogP contribution in [0.1, 0.15) is 49.4 Å². The van der Waals surface area contributed by atoms with Gasteiger partial charge in [0.1, 0.15) is 11.4 Å². The minimum absolute atomic E-state index is 0.339. The number of ether oxygens (including phenoxy) is 1. The molecule has 0 N–H and O–H groups in total. The summed E-state index contributed by atoms with van der Waals surface area (Å²) in [6, 6.07) is 10.2. The lowest BCUT2D eigenvalue weighted by molar-refractivity contribution is 0.0526. The molecule has 0 unspecified atom stereocenters. The Balaban J connectivity index is 1.99. The summed E-state index contributed by atoms with van der Waals surface area (Å²) in [6.45, 7) is 2.15. The van der Waals surface area contributed by atoms with Crippen molar-refractivity contribution in [1.29, 1.82) is 0 Å². The quantitative estimate of drug-likeness (QED) is 0.768. The third-order valence-corrected chi connectivity index (χ3v) is 4.75. The van der Waals surface area contributed by atoms with Crippen molar-refractivity contribution in [2.75, 3.05) is 18.6 Å². The fourth-order valence-electron chi connectivity index (χ4n) is 3.36. The Kier molecular flexibility index (Phi) is 5.64. The van der Waals surface area contributed by atoms with E-state index < -0.39 is 0 Å². The van der Waals surface area contributed by atoms with Gasteiger partial charge in [0.2, 0.25) is 0 Å². The van der Waals surface area contributed by atoms with Gasteiger partial charge in [-0.2, -0.15) is 0 Å². The summed E-state index contributed by atoms with van der Waals surface area (Å²) in [6.07, 6.45) is 7.59. The molecular weight excluding hydrogens is 314 g/mol. The Morgan fingerprint density at radius 1 is 1.20 bits per heavy atom. The van der Waals surface area contributed by atoms with E-state index in [0.717, 1.165) is 18.4 Å². The van der Waals surface area contributed by atoms with E-state index in [-0.39, 0.29) is 5.97 Å². The van der Waals surface area contributed by atoms with E-state index in [1.54, 1.807) is 6.20 Å². The van der Waals surface area contributed by atoms with Gasteiger partial charge in [-0.3, -0.25) is 0 Å². The number of nitrogens with zero attached hydrogens (tertiary/aromatic N) is 3. The summed E-state index contributed by atoms with van der Waals surface area (Å²) in [5, 5.41) is 0. The molecule has 1 aliphatic rings. The van der Waals surface area contributed by atoms with Crippen molar-refractivity contribution in [2.45, 2.75) is 45.1 Å². The van der Waals surface area contributed by atoms with Crippen molar-refractivity contribution in [1.82, 2.24) is 9.97 Å². The number of hydrogen-bond acceptors (Lipinski definition) is 5. The van der Waals surface area contributed by atoms with Crippen LogP contribution < -0.4 is 4.90 Å². The third-order valence-electron chi connectivity index (χ3n) is 4.75. The summed E-state index contributed by atoms with van der Waals surface area (Å²) >= 11 is 0. The Morgan fingerprint density at radius 2 is 1.92 bits per heavy atom. The smallest absolute Gasteiger partial charge is 0.343 e. The first-order valence-corrected chi connectivity index (χ1v) is 9.03. The summed E-state index contributed by atoms with van der Waals surface area (Å²) in [5.41, 5.74) is 1.38. The van der Waals surface area contributed by atoms with Crippen LogP contribution in [0.2, 0.25) is 0 Å². The first kappa shape index (κ1) is 17.4. The zero-order valence-corrected chi connectivity index (χ0v) is 14.9. The van der Waals surface area contributed by atoms with Crippen molar-refractivity contribution in [3.05, 3.63) is 42.1 Å². The summed E-state index contributed by atoms with van der Waals surface area (Å²) in [4.78, 5) is 23.6. The Labute approximate surface area is 149 Å². The van der Waals surface area contributed by atoms with Crippen LogP contribution in [-0.2, 0) is 4.74 Å². The van der Waals surface area contributed by atoms with Crippen molar-refractivity contribution >= 4 is 11.8 Å². The molecule has 5 heteroatoms. The maximum absolute atomic E-state index is 12.4. The summed E-state index contributed by atoms with van der Waals surface area (Å²) in [5.74, 6) is 0.935. The second-order valence-electron chi connectivity index (χ2n) is 6.42. The Bertz CT molecular complexity index is 712. The third kappa shape index (κ3) is 3.98. The molecule has 25 heavy (non-hydrogen) atoms. The van der Waals surface area contributed by atoms with Gasteiger partial charge in [0.25, 0.3) is 0 Å². The molecule has 0 bridgehead atoms. The van der Waals surface area contributed by atoms with Gasteiger partial charge in [-0.05, 0) is 19.8 Å². The SMILES string of the molecule is CCOC(=O)c1cnc(-c2ccccc2)nc1N(C)C1CCCCC1. The van der Waals surface area contributed by atoms with E-state index in [1.807, 2.05) is 44.3 Å². The standard InChI is InChI=1S/C20H25N3O2/c1-3-25-20(24)17-14-21-18(15-10-6-4-7-11-15)22-19(17)23(2)16-12-8-5-9-13-16/h4,6-7,10-11,14,16H,3,5,8-9,12-13H2,1-2H3. The molecule has 5 nitrogen and oxygen atoms in total. The summed E-state index contributed by atoms with van der Waals surface area (Å²) in [7, 11) is 2.02. The fraction of sp³-hybridized carbons (Fsp3) is 0.450. The number of benzene rings is 1. The second kappa shape index (κ2) is 8.10. The molecule has 1 aromatic carbocycles. The van der Waals surface area contributed by atoms with Crippen LogP contribution >= 0.6 is 0 Å². The minimum Gasteiger partial charge on any atom is -0.462 e. The maximum atomic E-state index is 12.4. The van der Waals surface area contributed by atoms with Crippen LogP contribution in [0.4, 0.5) is 5.82 Å². The minimum atomic E-state index is -0.361. The molecule has 0 saturated heterocycles. The number of aromatic nitrogens is 2. The predicted octanol–water partition coefficient (Wildman–Crippen LogP) is 4.09. The van der Waals surface area contributed by atoms with E-state index in [2.05, 4.69) is 9.88 Å². The van der Waals surface area contributed by atoms with Crippen molar-refractivity contribution < 1.29 is 9.53 Å². The van der Waals surface area contributed by atoms with Crippen molar-refractivity contribution in [3.63, 3.8) is 0 Å². The van der Waals surface area contributed by atoms with Crippen LogP contribution in [0.15, 0.2) is 36.5 Å². The van der Waals surface area contributed by atoms with Gasteiger partial charge in [0.05, 0.1) is 6.61 Å². The molecule has 0 aliphatic heterocycles. The van der Waals surface area contributed by atoms with E-state index >= 15 is 0 Å². The van der Waals surface area contributed by atoms with Gasteiger partial charge in [0.15, 0.2) is 5.82 Å². The molecule has 1 heterocycles. The lowest BCUT2D eigenvalue weighted by Gasteiger charge is -2.33. The van der Waals surface area contributed by atoms with Gasteiger partial charge in [0, 0.05) is 24.8 Å². The maximum Gasteiger partial charge on any atom is 0.343 e. The molecule has 3 rings (SSSR count).